The largest absolute Gasteiger partial charge is 0.508 e. The zero-order valence-electron chi connectivity index (χ0n) is 25.4. The van der Waals surface area contributed by atoms with Gasteiger partial charge in [-0.2, -0.15) is 0 Å². The highest BCUT2D eigenvalue weighted by atomic mass is 16.6. The number of ketones is 1. The molecule has 2 atom stereocenters. The van der Waals surface area contributed by atoms with Crippen molar-refractivity contribution in [3.63, 3.8) is 0 Å². The number of nitrogens with zero attached hydrogens (tertiary/aromatic N) is 1. The summed E-state index contributed by atoms with van der Waals surface area (Å²) < 4.78 is 12.2. The van der Waals surface area contributed by atoms with E-state index in [9.17, 15) is 19.8 Å². The Morgan fingerprint density at radius 2 is 1.48 bits per heavy atom. The van der Waals surface area contributed by atoms with Gasteiger partial charge in [0.25, 0.3) is 0 Å². The van der Waals surface area contributed by atoms with Crippen molar-refractivity contribution in [3.8, 4) is 23.0 Å². The molecule has 1 aliphatic carbocycles. The van der Waals surface area contributed by atoms with Crippen molar-refractivity contribution in [3.05, 3.63) is 118 Å². The van der Waals surface area contributed by atoms with Gasteiger partial charge in [-0.25, -0.2) is 4.79 Å². The molecule has 2 fully saturated rings. The Morgan fingerprint density at radius 3 is 2.13 bits per heavy atom. The average molecular weight is 617 g/mol. The Kier molecular flexibility index (Phi) is 6.70. The highest BCUT2D eigenvalue weighted by molar-refractivity contribution is 6.03. The molecule has 0 aromatic heterocycles. The minimum atomic E-state index is -1.36. The van der Waals surface area contributed by atoms with Crippen LogP contribution in [0.2, 0.25) is 0 Å². The van der Waals surface area contributed by atoms with E-state index in [4.69, 9.17) is 15.2 Å². The van der Waals surface area contributed by atoms with Crippen LogP contribution in [-0.4, -0.2) is 39.6 Å². The van der Waals surface area contributed by atoms with Gasteiger partial charge in [-0.1, -0.05) is 61.7 Å². The molecule has 8 heteroatoms. The number of nitrogens with two attached hydrogens (primary N) is 1. The molecule has 4 aromatic rings. The van der Waals surface area contributed by atoms with Crippen molar-refractivity contribution in [2.75, 3.05) is 6.54 Å². The zero-order chi connectivity index (χ0) is 31.6. The van der Waals surface area contributed by atoms with Crippen LogP contribution < -0.4 is 10.5 Å². The topological polar surface area (TPSA) is 122 Å². The molecule has 0 bridgehead atoms. The van der Waals surface area contributed by atoms with Crippen molar-refractivity contribution in [1.29, 1.82) is 0 Å². The van der Waals surface area contributed by atoms with Crippen molar-refractivity contribution in [2.24, 2.45) is 11.7 Å². The first kappa shape index (κ1) is 28.8. The van der Waals surface area contributed by atoms with Gasteiger partial charge in [-0.05, 0) is 61.6 Å². The Morgan fingerprint density at radius 1 is 0.826 bits per heavy atom. The molecule has 3 aliphatic heterocycles. The van der Waals surface area contributed by atoms with Crippen LogP contribution in [0.4, 0.5) is 0 Å². The van der Waals surface area contributed by atoms with E-state index in [0.717, 1.165) is 32.2 Å². The average Bonchev–Trinajstić information content (AvgIpc) is 3.36. The number of phenols is 2. The van der Waals surface area contributed by atoms with Crippen LogP contribution >= 0.6 is 0 Å². The first-order valence-corrected chi connectivity index (χ1v) is 16.1. The summed E-state index contributed by atoms with van der Waals surface area (Å²) in [7, 11) is 0. The van der Waals surface area contributed by atoms with Crippen LogP contribution in [0, 0.1) is 5.92 Å². The summed E-state index contributed by atoms with van der Waals surface area (Å²) in [5.74, 6) is -0.236. The summed E-state index contributed by atoms with van der Waals surface area (Å²) in [6.45, 7) is 0.732. The van der Waals surface area contributed by atoms with E-state index in [1.165, 1.54) is 36.2 Å². The maximum absolute atomic E-state index is 14.0. The molecule has 0 amide bonds. The summed E-state index contributed by atoms with van der Waals surface area (Å²) in [5, 5.41) is 20.4. The Labute approximate surface area is 267 Å². The van der Waals surface area contributed by atoms with E-state index in [-0.39, 0.29) is 34.9 Å². The van der Waals surface area contributed by atoms with Gasteiger partial charge in [0.2, 0.25) is 0 Å². The standard InChI is InChI=1S/C38H36N2O6/c39-34-20-24(15-18-40(34)37(16-5-2-6-17-37)25-7-3-1-4-8-25)35(43)23-9-12-29-28(19-23)36(44)46-38(29)30-13-10-26(41)21-32(30)45-33-22-27(42)11-14-31(33)38/h1,3-4,7-14,19,21-22,24,34,41-42H,2,5-6,15-18,20,39H2. The van der Waals surface area contributed by atoms with E-state index in [0.29, 0.717) is 52.2 Å². The highest BCUT2D eigenvalue weighted by Crippen LogP contribution is 2.57. The molecule has 4 aliphatic rings. The molecule has 4 N–H and O–H groups in total. The zero-order valence-corrected chi connectivity index (χ0v) is 25.4. The maximum atomic E-state index is 14.0. The summed E-state index contributed by atoms with van der Waals surface area (Å²) >= 11 is 0. The molecular weight excluding hydrogens is 580 g/mol. The second-order valence-electron chi connectivity index (χ2n) is 13.1. The third-order valence-electron chi connectivity index (χ3n) is 10.6. The number of rotatable bonds is 4. The van der Waals surface area contributed by atoms with Crippen LogP contribution in [0.3, 0.4) is 0 Å². The van der Waals surface area contributed by atoms with Crippen molar-refractivity contribution < 1.29 is 29.3 Å². The number of carbonyl (C=O) groups is 2. The quantitative estimate of drug-likeness (QED) is 0.171. The highest BCUT2D eigenvalue weighted by Gasteiger charge is 2.54. The van der Waals surface area contributed by atoms with Gasteiger partial charge < -0.3 is 25.4 Å². The number of esters is 1. The minimum Gasteiger partial charge on any atom is -0.508 e. The molecule has 2 unspecified atom stereocenters. The van der Waals surface area contributed by atoms with Crippen LogP contribution in [0.5, 0.6) is 23.0 Å². The van der Waals surface area contributed by atoms with Crippen molar-refractivity contribution in [1.82, 2.24) is 4.90 Å². The number of aromatic hydroxyl groups is 2. The van der Waals surface area contributed by atoms with Crippen LogP contribution in [0.1, 0.15) is 87.9 Å². The lowest BCUT2D eigenvalue weighted by Crippen LogP contribution is -2.59. The van der Waals surface area contributed by atoms with Gasteiger partial charge in [0.05, 0.1) is 11.7 Å². The first-order valence-electron chi connectivity index (χ1n) is 16.1. The Balaban J connectivity index is 1.11. The summed E-state index contributed by atoms with van der Waals surface area (Å²) in [6.07, 6.45) is 6.67. The van der Waals surface area contributed by atoms with Gasteiger partial charge in [0.1, 0.15) is 23.0 Å². The number of phenolic OH excluding ortho intramolecular Hbond substituents is 2. The molecule has 0 radical (unpaired) electrons. The molecule has 234 valence electrons. The maximum Gasteiger partial charge on any atom is 0.340 e. The predicted molar refractivity (Wildman–Crippen MR) is 171 cm³/mol. The van der Waals surface area contributed by atoms with E-state index in [1.54, 1.807) is 30.3 Å². The minimum absolute atomic E-state index is 0.00886. The van der Waals surface area contributed by atoms with Gasteiger partial charge in [0.15, 0.2) is 11.4 Å². The van der Waals surface area contributed by atoms with Gasteiger partial charge in [0, 0.05) is 52.4 Å². The number of likely N-dealkylation sites (tertiary alicyclic amines) is 1. The smallest absolute Gasteiger partial charge is 0.340 e. The van der Waals surface area contributed by atoms with E-state index >= 15 is 0 Å². The number of benzene rings is 4. The van der Waals surface area contributed by atoms with Crippen LogP contribution in [0.25, 0.3) is 0 Å². The molecule has 8 rings (SSSR count). The number of piperidine rings is 1. The SMILES string of the molecule is NC1CC(C(=O)c2ccc3c(c2)C(=O)OC32c3ccc(O)cc3Oc3cc(O)ccc32)CCN1C1(c2ccccc2)CCCCC1. The Hall–Kier alpha value is -4.66. The number of Topliss-reactive ketones (excluding diaryl/α,β-unsaturated/α-hetero) is 1. The number of ether oxygens (including phenoxy) is 2. The fourth-order valence-corrected chi connectivity index (χ4v) is 8.49. The normalized spacial score (nSPS) is 22.7. The number of fused-ring (bicyclic) bond motifs is 6. The molecule has 1 spiro atoms. The summed E-state index contributed by atoms with van der Waals surface area (Å²) in [5.41, 5.74) is 9.17. The molecule has 4 aromatic carbocycles. The molecule has 1 saturated heterocycles. The summed E-state index contributed by atoms with van der Waals surface area (Å²) in [4.78, 5) is 30.1. The number of hydrogen-bond donors (Lipinski definition) is 3. The second kappa shape index (κ2) is 10.7. The van der Waals surface area contributed by atoms with Crippen molar-refractivity contribution in [2.45, 2.75) is 62.3 Å². The van der Waals surface area contributed by atoms with E-state index in [2.05, 4.69) is 29.2 Å². The summed E-state index contributed by atoms with van der Waals surface area (Å²) in [6, 6.07) is 25.2. The molecule has 3 heterocycles. The second-order valence-corrected chi connectivity index (χ2v) is 13.1. The van der Waals surface area contributed by atoms with E-state index in [1.807, 2.05) is 6.07 Å². The van der Waals surface area contributed by atoms with Gasteiger partial charge >= 0.3 is 5.97 Å². The third-order valence-corrected chi connectivity index (χ3v) is 10.6. The number of carbonyl (C=O) groups excluding carboxylic acids is 2. The molecule has 8 nitrogen and oxygen atoms in total. The molecule has 1 saturated carbocycles. The monoisotopic (exact) mass is 616 g/mol. The third kappa shape index (κ3) is 4.27. The van der Waals surface area contributed by atoms with E-state index < -0.39 is 11.6 Å². The Bertz CT molecular complexity index is 1810. The number of hydrogen-bond acceptors (Lipinski definition) is 8. The lowest BCUT2D eigenvalue weighted by Gasteiger charge is -2.52. The van der Waals surface area contributed by atoms with Crippen LogP contribution in [0.15, 0.2) is 84.9 Å². The van der Waals surface area contributed by atoms with Gasteiger partial charge in [-0.15, -0.1) is 0 Å². The molecule has 46 heavy (non-hydrogen) atoms. The van der Waals surface area contributed by atoms with Crippen LogP contribution in [-0.2, 0) is 15.9 Å². The lowest BCUT2D eigenvalue weighted by atomic mass is 9.73. The fraction of sp³-hybridized carbons (Fsp3) is 0.316. The fourth-order valence-electron chi connectivity index (χ4n) is 8.49. The molecular formula is C38H36N2O6. The lowest BCUT2D eigenvalue weighted by molar-refractivity contribution is -0.0215. The van der Waals surface area contributed by atoms with Gasteiger partial charge in [-0.3, -0.25) is 9.69 Å². The van der Waals surface area contributed by atoms with Crippen molar-refractivity contribution >= 4 is 11.8 Å². The first-order chi connectivity index (χ1) is 22.3. The predicted octanol–water partition coefficient (Wildman–Crippen LogP) is 6.70.